The van der Waals surface area contributed by atoms with Crippen LogP contribution in [0.2, 0.25) is 0 Å². The summed E-state index contributed by atoms with van der Waals surface area (Å²) in [7, 11) is 0. The zero-order valence-electron chi connectivity index (χ0n) is 13.7. The smallest absolute Gasteiger partial charge is 0.155 e. The van der Waals surface area contributed by atoms with E-state index in [0.717, 1.165) is 37.0 Å². The highest BCUT2D eigenvalue weighted by atomic mass is 16.3. The van der Waals surface area contributed by atoms with Gasteiger partial charge in [-0.15, -0.1) is 0 Å². The highest BCUT2D eigenvalue weighted by molar-refractivity contribution is 5.91. The molecule has 5 unspecified atom stereocenters. The highest BCUT2D eigenvalue weighted by Gasteiger charge is 2.67. The number of aliphatic hydroxyl groups excluding tert-OH is 1. The number of carbonyl (C=O) groups is 1. The summed E-state index contributed by atoms with van der Waals surface area (Å²) in [6.07, 6.45) is 12.5. The molecule has 0 aliphatic heterocycles. The lowest BCUT2D eigenvalue weighted by atomic mass is 9.52. The van der Waals surface area contributed by atoms with E-state index < -0.39 is 0 Å². The summed E-state index contributed by atoms with van der Waals surface area (Å²) in [4.78, 5) is 11.7. The number of rotatable bonds is 0. The van der Waals surface area contributed by atoms with Gasteiger partial charge in [-0.05, 0) is 91.9 Å². The standard InChI is InChI=1S/C20H28O2/c1-19-7-6-15-14-5-3-13(21)10-12(14)2-4-16(15)17(19)11-20(8-9-20)18(19)22/h10,14-18,22H,2-9,11H2,1H3/t14?,15?,16?,17?,18?,19-/m0/s1. The molecule has 0 aromatic rings. The molecule has 5 aliphatic carbocycles. The fraction of sp³-hybridized carbons (Fsp3) is 0.850. The van der Waals surface area contributed by atoms with Gasteiger partial charge in [-0.2, -0.15) is 0 Å². The van der Waals surface area contributed by atoms with E-state index in [1.807, 2.05) is 6.08 Å². The first-order valence-corrected chi connectivity index (χ1v) is 9.45. The second kappa shape index (κ2) is 4.26. The van der Waals surface area contributed by atoms with Crippen LogP contribution in [0.1, 0.15) is 64.7 Å². The maximum Gasteiger partial charge on any atom is 0.155 e. The maximum atomic E-state index is 11.7. The van der Waals surface area contributed by atoms with Crippen molar-refractivity contribution < 1.29 is 9.90 Å². The Balaban J connectivity index is 1.48. The van der Waals surface area contributed by atoms with Crippen LogP contribution in [-0.4, -0.2) is 17.0 Å². The largest absolute Gasteiger partial charge is 0.392 e. The molecule has 1 spiro atoms. The number of allylic oxidation sites excluding steroid dienone is 1. The van der Waals surface area contributed by atoms with Crippen LogP contribution in [0, 0.1) is 34.5 Å². The van der Waals surface area contributed by atoms with Crippen molar-refractivity contribution in [3.05, 3.63) is 11.6 Å². The van der Waals surface area contributed by atoms with Crippen LogP contribution in [-0.2, 0) is 4.79 Å². The van der Waals surface area contributed by atoms with Gasteiger partial charge in [0, 0.05) is 6.42 Å². The molecule has 0 amide bonds. The Bertz CT molecular complexity index is 558. The molecule has 4 saturated carbocycles. The van der Waals surface area contributed by atoms with E-state index >= 15 is 0 Å². The summed E-state index contributed by atoms with van der Waals surface area (Å²) in [5.41, 5.74) is 1.97. The minimum Gasteiger partial charge on any atom is -0.392 e. The van der Waals surface area contributed by atoms with Crippen LogP contribution in [0.25, 0.3) is 0 Å². The molecule has 120 valence electrons. The van der Waals surface area contributed by atoms with Crippen LogP contribution in [0.15, 0.2) is 11.6 Å². The van der Waals surface area contributed by atoms with Gasteiger partial charge in [-0.3, -0.25) is 4.79 Å². The van der Waals surface area contributed by atoms with Crippen molar-refractivity contribution in [1.29, 1.82) is 0 Å². The minimum absolute atomic E-state index is 0.0455. The fourth-order valence-corrected chi connectivity index (χ4v) is 7.14. The van der Waals surface area contributed by atoms with Crippen LogP contribution in [0.4, 0.5) is 0 Å². The first-order valence-electron chi connectivity index (χ1n) is 9.45. The minimum atomic E-state index is -0.0455. The molecule has 6 atom stereocenters. The molecule has 0 saturated heterocycles. The van der Waals surface area contributed by atoms with Crippen molar-refractivity contribution in [1.82, 2.24) is 0 Å². The van der Waals surface area contributed by atoms with E-state index in [1.54, 1.807) is 0 Å². The molecule has 0 radical (unpaired) electrons. The number of ketones is 1. The fourth-order valence-electron chi connectivity index (χ4n) is 7.14. The van der Waals surface area contributed by atoms with Gasteiger partial charge in [0.15, 0.2) is 5.78 Å². The Morgan fingerprint density at radius 1 is 1.09 bits per heavy atom. The predicted molar refractivity (Wildman–Crippen MR) is 85.1 cm³/mol. The van der Waals surface area contributed by atoms with Crippen LogP contribution in [0.5, 0.6) is 0 Å². The van der Waals surface area contributed by atoms with Gasteiger partial charge in [0.2, 0.25) is 0 Å². The molecule has 0 aromatic heterocycles. The Morgan fingerprint density at radius 3 is 2.68 bits per heavy atom. The number of fused-ring (bicyclic) bond motifs is 5. The summed E-state index contributed by atoms with van der Waals surface area (Å²) in [5, 5.41) is 11.0. The zero-order chi connectivity index (χ0) is 15.1. The lowest BCUT2D eigenvalue weighted by Gasteiger charge is -2.53. The summed E-state index contributed by atoms with van der Waals surface area (Å²) >= 11 is 0. The normalized spacial score (nSPS) is 51.8. The summed E-state index contributed by atoms with van der Waals surface area (Å²) < 4.78 is 0. The Morgan fingerprint density at radius 2 is 1.91 bits per heavy atom. The molecule has 2 nitrogen and oxygen atoms in total. The molecular formula is C20H28O2. The molecule has 0 heterocycles. The second-order valence-electron chi connectivity index (χ2n) is 9.32. The first kappa shape index (κ1) is 13.8. The van der Waals surface area contributed by atoms with Gasteiger partial charge in [-0.25, -0.2) is 0 Å². The molecule has 1 N–H and O–H groups in total. The summed E-state index contributed by atoms with van der Waals surface area (Å²) in [6.45, 7) is 2.39. The quantitative estimate of drug-likeness (QED) is 0.737. The van der Waals surface area contributed by atoms with Crippen molar-refractivity contribution in [3.8, 4) is 0 Å². The lowest BCUT2D eigenvalue weighted by molar-refractivity contribution is -0.116. The Labute approximate surface area is 133 Å². The van der Waals surface area contributed by atoms with Crippen LogP contribution < -0.4 is 0 Å². The Kier molecular flexibility index (Phi) is 2.67. The predicted octanol–water partition coefficient (Wildman–Crippen LogP) is 3.88. The number of aliphatic hydroxyl groups is 1. The van der Waals surface area contributed by atoms with Gasteiger partial charge in [0.1, 0.15) is 0 Å². The number of hydrogen-bond donors (Lipinski definition) is 1. The van der Waals surface area contributed by atoms with Crippen molar-refractivity contribution in [2.24, 2.45) is 34.5 Å². The van der Waals surface area contributed by atoms with E-state index in [1.165, 1.54) is 44.1 Å². The topological polar surface area (TPSA) is 37.3 Å². The molecule has 5 rings (SSSR count). The second-order valence-corrected chi connectivity index (χ2v) is 9.32. The molecule has 4 fully saturated rings. The molecule has 22 heavy (non-hydrogen) atoms. The molecular weight excluding hydrogens is 272 g/mol. The van der Waals surface area contributed by atoms with E-state index in [0.29, 0.717) is 17.1 Å². The maximum absolute atomic E-state index is 11.7. The monoisotopic (exact) mass is 300 g/mol. The van der Waals surface area contributed by atoms with Gasteiger partial charge < -0.3 is 5.11 Å². The molecule has 0 bridgehead atoms. The third-order valence-electron chi connectivity index (χ3n) is 8.46. The van der Waals surface area contributed by atoms with Crippen LogP contribution >= 0.6 is 0 Å². The van der Waals surface area contributed by atoms with Gasteiger partial charge >= 0.3 is 0 Å². The molecule has 5 aliphatic rings. The summed E-state index contributed by atoms with van der Waals surface area (Å²) in [6, 6.07) is 0. The third-order valence-corrected chi connectivity index (χ3v) is 8.46. The average molecular weight is 300 g/mol. The molecule has 0 aromatic carbocycles. The van der Waals surface area contributed by atoms with E-state index in [4.69, 9.17) is 0 Å². The van der Waals surface area contributed by atoms with Crippen molar-refractivity contribution >= 4 is 5.78 Å². The van der Waals surface area contributed by atoms with Gasteiger partial charge in [-0.1, -0.05) is 12.5 Å². The number of hydrogen-bond acceptors (Lipinski definition) is 2. The highest BCUT2D eigenvalue weighted by Crippen LogP contribution is 2.72. The van der Waals surface area contributed by atoms with E-state index in [2.05, 4.69) is 6.92 Å². The average Bonchev–Trinajstić information content (AvgIpc) is 3.25. The van der Waals surface area contributed by atoms with Crippen molar-refractivity contribution in [2.75, 3.05) is 0 Å². The third kappa shape index (κ3) is 1.63. The SMILES string of the molecule is C[C@]12CCC3C4CCC(=O)C=C4CCC3C1CC1(CC1)C2O. The van der Waals surface area contributed by atoms with E-state index in [-0.39, 0.29) is 11.5 Å². The first-order chi connectivity index (χ1) is 10.5. The van der Waals surface area contributed by atoms with Crippen molar-refractivity contribution in [3.63, 3.8) is 0 Å². The van der Waals surface area contributed by atoms with Gasteiger partial charge in [0.05, 0.1) is 6.10 Å². The van der Waals surface area contributed by atoms with Crippen LogP contribution in [0.3, 0.4) is 0 Å². The van der Waals surface area contributed by atoms with Gasteiger partial charge in [0.25, 0.3) is 0 Å². The summed E-state index contributed by atoms with van der Waals surface area (Å²) in [5.74, 6) is 3.39. The van der Waals surface area contributed by atoms with Crippen molar-refractivity contribution in [2.45, 2.75) is 70.8 Å². The lowest BCUT2D eigenvalue weighted by Crippen LogP contribution is -2.47. The molecule has 2 heteroatoms. The number of carbonyl (C=O) groups excluding carboxylic acids is 1. The van der Waals surface area contributed by atoms with E-state index in [9.17, 15) is 9.90 Å². The Hall–Kier alpha value is -0.630. The zero-order valence-corrected chi connectivity index (χ0v) is 13.7.